The Balaban J connectivity index is 2.44. The van der Waals surface area contributed by atoms with Gasteiger partial charge in [0.05, 0.1) is 5.75 Å². The Morgan fingerprint density at radius 2 is 1.75 bits per heavy atom. The van der Waals surface area contributed by atoms with Crippen LogP contribution in [0.4, 0.5) is 0 Å². The molecular formula is C10H20N2O3S. The second-order valence-corrected chi connectivity index (χ2v) is 6.20. The second kappa shape index (κ2) is 6.20. The molecule has 1 rings (SSSR count). The molecule has 6 heteroatoms. The zero-order valence-corrected chi connectivity index (χ0v) is 10.6. The van der Waals surface area contributed by atoms with Crippen LogP contribution < -0.4 is 5.32 Å². The third-order valence-corrected chi connectivity index (χ3v) is 4.56. The summed E-state index contributed by atoms with van der Waals surface area (Å²) in [6, 6.07) is 0. The predicted molar refractivity (Wildman–Crippen MR) is 62.5 cm³/mol. The molecule has 0 atom stereocenters. The van der Waals surface area contributed by atoms with E-state index in [2.05, 4.69) is 5.32 Å². The molecule has 0 spiro atoms. The summed E-state index contributed by atoms with van der Waals surface area (Å²) in [5.41, 5.74) is 0. The van der Waals surface area contributed by atoms with Crippen LogP contribution in [0.1, 0.15) is 32.6 Å². The maximum Gasteiger partial charge on any atom is 0.216 e. The molecule has 5 nitrogen and oxygen atoms in total. The van der Waals surface area contributed by atoms with Gasteiger partial charge in [-0.3, -0.25) is 4.79 Å². The molecule has 1 fully saturated rings. The first-order chi connectivity index (χ1) is 7.52. The van der Waals surface area contributed by atoms with Gasteiger partial charge in [0.25, 0.3) is 0 Å². The topological polar surface area (TPSA) is 66.5 Å². The quantitative estimate of drug-likeness (QED) is 0.779. The van der Waals surface area contributed by atoms with Crippen molar-refractivity contribution in [3.63, 3.8) is 0 Å². The number of hydrogen-bond donors (Lipinski definition) is 1. The van der Waals surface area contributed by atoms with E-state index in [4.69, 9.17) is 0 Å². The van der Waals surface area contributed by atoms with Crippen LogP contribution in [0.2, 0.25) is 0 Å². The largest absolute Gasteiger partial charge is 0.355 e. The van der Waals surface area contributed by atoms with Crippen molar-refractivity contribution in [3.8, 4) is 0 Å². The van der Waals surface area contributed by atoms with Gasteiger partial charge < -0.3 is 5.32 Å². The van der Waals surface area contributed by atoms with E-state index in [1.165, 1.54) is 6.92 Å². The standard InChI is InChI=1S/C10H20N2O3S/c1-10(13)11-6-9-16(14,15)12-7-4-2-3-5-8-12/h2-9H2,1H3,(H,11,13). The summed E-state index contributed by atoms with van der Waals surface area (Å²) >= 11 is 0. The summed E-state index contributed by atoms with van der Waals surface area (Å²) in [7, 11) is -3.18. The normalized spacial score (nSPS) is 19.1. The van der Waals surface area contributed by atoms with E-state index in [1.807, 2.05) is 0 Å². The van der Waals surface area contributed by atoms with E-state index in [-0.39, 0.29) is 18.2 Å². The highest BCUT2D eigenvalue weighted by atomic mass is 32.2. The molecule has 1 N–H and O–H groups in total. The molecule has 0 saturated carbocycles. The van der Waals surface area contributed by atoms with Crippen LogP contribution in [0.25, 0.3) is 0 Å². The van der Waals surface area contributed by atoms with E-state index in [0.717, 1.165) is 25.7 Å². The van der Waals surface area contributed by atoms with Gasteiger partial charge in [0.2, 0.25) is 15.9 Å². The maximum atomic E-state index is 11.9. The summed E-state index contributed by atoms with van der Waals surface area (Å²) in [6.07, 6.45) is 4.11. The van der Waals surface area contributed by atoms with Crippen LogP contribution in [0.15, 0.2) is 0 Å². The van der Waals surface area contributed by atoms with E-state index in [1.54, 1.807) is 4.31 Å². The zero-order valence-electron chi connectivity index (χ0n) is 9.74. The highest BCUT2D eigenvalue weighted by Gasteiger charge is 2.22. The van der Waals surface area contributed by atoms with Gasteiger partial charge in [0, 0.05) is 26.6 Å². The van der Waals surface area contributed by atoms with E-state index >= 15 is 0 Å². The average Bonchev–Trinajstić information content (AvgIpc) is 2.44. The van der Waals surface area contributed by atoms with Gasteiger partial charge in [-0.2, -0.15) is 0 Å². The number of hydrogen-bond acceptors (Lipinski definition) is 3. The summed E-state index contributed by atoms with van der Waals surface area (Å²) in [5, 5.41) is 2.51. The molecule has 1 aliphatic rings. The van der Waals surface area contributed by atoms with Crippen molar-refractivity contribution in [3.05, 3.63) is 0 Å². The predicted octanol–water partition coefficient (Wildman–Crippen LogP) is 0.328. The van der Waals surface area contributed by atoms with Crippen molar-refractivity contribution in [2.24, 2.45) is 0 Å². The lowest BCUT2D eigenvalue weighted by atomic mass is 10.2. The van der Waals surface area contributed by atoms with Crippen LogP contribution in [-0.2, 0) is 14.8 Å². The monoisotopic (exact) mass is 248 g/mol. The van der Waals surface area contributed by atoms with Gasteiger partial charge in [-0.05, 0) is 12.8 Å². The molecule has 1 saturated heterocycles. The lowest BCUT2D eigenvalue weighted by molar-refractivity contribution is -0.118. The Kier molecular flexibility index (Phi) is 5.21. The van der Waals surface area contributed by atoms with Crippen molar-refractivity contribution < 1.29 is 13.2 Å². The van der Waals surface area contributed by atoms with Gasteiger partial charge in [0.15, 0.2) is 0 Å². The minimum atomic E-state index is -3.18. The van der Waals surface area contributed by atoms with Crippen LogP contribution in [-0.4, -0.2) is 44.0 Å². The lowest BCUT2D eigenvalue weighted by Gasteiger charge is -2.19. The number of amides is 1. The van der Waals surface area contributed by atoms with Crippen molar-refractivity contribution in [1.29, 1.82) is 0 Å². The Labute approximate surface area is 97.2 Å². The molecule has 94 valence electrons. The first-order valence-electron chi connectivity index (χ1n) is 5.74. The number of carbonyl (C=O) groups is 1. The molecule has 0 bridgehead atoms. The summed E-state index contributed by atoms with van der Waals surface area (Å²) < 4.78 is 25.3. The Morgan fingerprint density at radius 3 is 2.25 bits per heavy atom. The molecule has 0 aliphatic carbocycles. The van der Waals surface area contributed by atoms with E-state index in [9.17, 15) is 13.2 Å². The second-order valence-electron chi connectivity index (χ2n) is 4.11. The van der Waals surface area contributed by atoms with Crippen LogP contribution >= 0.6 is 0 Å². The molecule has 0 unspecified atom stereocenters. The minimum absolute atomic E-state index is 0.00653. The highest BCUT2D eigenvalue weighted by Crippen LogP contribution is 2.13. The fourth-order valence-corrected chi connectivity index (χ4v) is 3.24. The summed E-state index contributed by atoms with van der Waals surface area (Å²) in [4.78, 5) is 10.6. The fraction of sp³-hybridized carbons (Fsp3) is 0.900. The first-order valence-corrected chi connectivity index (χ1v) is 7.35. The lowest BCUT2D eigenvalue weighted by Crippen LogP contribution is -2.37. The maximum absolute atomic E-state index is 11.9. The Hall–Kier alpha value is -0.620. The molecule has 1 heterocycles. The molecule has 0 radical (unpaired) electrons. The van der Waals surface area contributed by atoms with Crippen molar-refractivity contribution in [2.45, 2.75) is 32.6 Å². The first kappa shape index (κ1) is 13.4. The van der Waals surface area contributed by atoms with Crippen molar-refractivity contribution in [2.75, 3.05) is 25.4 Å². The van der Waals surface area contributed by atoms with Gasteiger partial charge in [0.1, 0.15) is 0 Å². The van der Waals surface area contributed by atoms with Gasteiger partial charge in [-0.15, -0.1) is 0 Å². The van der Waals surface area contributed by atoms with Crippen LogP contribution in [0, 0.1) is 0 Å². The van der Waals surface area contributed by atoms with Crippen molar-refractivity contribution >= 4 is 15.9 Å². The van der Waals surface area contributed by atoms with Gasteiger partial charge >= 0.3 is 0 Å². The molecule has 0 aromatic rings. The summed E-state index contributed by atoms with van der Waals surface area (Å²) in [5.74, 6) is -0.182. The third kappa shape index (κ3) is 4.49. The molecule has 1 amide bonds. The highest BCUT2D eigenvalue weighted by molar-refractivity contribution is 7.89. The molecule has 1 aliphatic heterocycles. The zero-order chi connectivity index (χ0) is 12.0. The number of nitrogens with zero attached hydrogens (tertiary/aromatic N) is 1. The van der Waals surface area contributed by atoms with E-state index < -0.39 is 10.0 Å². The van der Waals surface area contributed by atoms with E-state index in [0.29, 0.717) is 13.1 Å². The number of rotatable bonds is 4. The van der Waals surface area contributed by atoms with Gasteiger partial charge in [-0.1, -0.05) is 12.8 Å². The molecule has 0 aromatic carbocycles. The third-order valence-electron chi connectivity index (χ3n) is 2.69. The molecular weight excluding hydrogens is 228 g/mol. The SMILES string of the molecule is CC(=O)NCCS(=O)(=O)N1CCCCCC1. The van der Waals surface area contributed by atoms with Crippen molar-refractivity contribution in [1.82, 2.24) is 9.62 Å². The summed E-state index contributed by atoms with van der Waals surface area (Å²) in [6.45, 7) is 2.84. The number of carbonyl (C=O) groups excluding carboxylic acids is 1. The molecule has 16 heavy (non-hydrogen) atoms. The minimum Gasteiger partial charge on any atom is -0.355 e. The van der Waals surface area contributed by atoms with Crippen LogP contribution in [0.3, 0.4) is 0 Å². The fourth-order valence-electron chi connectivity index (χ4n) is 1.80. The smallest absolute Gasteiger partial charge is 0.216 e. The number of nitrogens with one attached hydrogen (secondary N) is 1. The number of sulfonamides is 1. The Morgan fingerprint density at radius 1 is 1.19 bits per heavy atom. The van der Waals surface area contributed by atoms with Crippen LogP contribution in [0.5, 0.6) is 0 Å². The Bertz CT molecular complexity index is 319. The average molecular weight is 248 g/mol. The van der Waals surface area contributed by atoms with Gasteiger partial charge in [-0.25, -0.2) is 12.7 Å². The molecule has 0 aromatic heterocycles.